The van der Waals surface area contributed by atoms with Crippen LogP contribution in [0.3, 0.4) is 0 Å². The van der Waals surface area contributed by atoms with Crippen LogP contribution >= 0.6 is 0 Å². The third-order valence-corrected chi connectivity index (χ3v) is 3.46. The predicted molar refractivity (Wildman–Crippen MR) is 75.7 cm³/mol. The average Bonchev–Trinajstić information content (AvgIpc) is 2.23. The summed E-state index contributed by atoms with van der Waals surface area (Å²) in [6.07, 6.45) is 9.13. The van der Waals surface area contributed by atoms with Crippen molar-refractivity contribution >= 4 is 0 Å². The first-order valence-corrected chi connectivity index (χ1v) is 7.21. The van der Waals surface area contributed by atoms with Crippen LogP contribution in [0.15, 0.2) is 11.6 Å². The minimum absolute atomic E-state index is 0.761. The number of rotatable bonds is 8. The summed E-state index contributed by atoms with van der Waals surface area (Å²) in [7, 11) is 0. The van der Waals surface area contributed by atoms with Gasteiger partial charge in [0.05, 0.1) is 0 Å². The van der Waals surface area contributed by atoms with E-state index in [2.05, 4.69) is 47.6 Å². The van der Waals surface area contributed by atoms with E-state index in [1.807, 2.05) is 0 Å². The molecule has 0 saturated heterocycles. The second-order valence-corrected chi connectivity index (χ2v) is 5.73. The first-order chi connectivity index (χ1) is 7.51. The minimum atomic E-state index is 0.761. The van der Waals surface area contributed by atoms with Gasteiger partial charge in [-0.2, -0.15) is 0 Å². The summed E-state index contributed by atoms with van der Waals surface area (Å²) in [5.41, 5.74) is 1.68. The smallest absolute Gasteiger partial charge is 0.0232 e. The molecule has 0 heterocycles. The van der Waals surface area contributed by atoms with Crippen LogP contribution < -0.4 is 0 Å². The molecule has 2 unspecified atom stereocenters. The molecule has 0 amide bonds. The monoisotopic (exact) mass is 224 g/mol. The van der Waals surface area contributed by atoms with Crippen molar-refractivity contribution in [2.75, 3.05) is 0 Å². The Balaban J connectivity index is 4.21. The predicted octanol–water partition coefficient (Wildman–Crippen LogP) is 5.83. The maximum atomic E-state index is 2.54. The molecule has 0 nitrogen and oxygen atoms in total. The van der Waals surface area contributed by atoms with Gasteiger partial charge in [0.15, 0.2) is 0 Å². The van der Waals surface area contributed by atoms with Gasteiger partial charge in [0.25, 0.3) is 0 Å². The fraction of sp³-hybridized carbons (Fsp3) is 0.875. The molecule has 0 aromatic heterocycles. The van der Waals surface area contributed by atoms with E-state index in [4.69, 9.17) is 0 Å². The lowest BCUT2D eigenvalue weighted by atomic mass is 9.89. The highest BCUT2D eigenvalue weighted by Crippen LogP contribution is 2.23. The van der Waals surface area contributed by atoms with Gasteiger partial charge in [0.2, 0.25) is 0 Å². The number of hydrogen-bond acceptors (Lipinski definition) is 0. The van der Waals surface area contributed by atoms with Gasteiger partial charge in [0.1, 0.15) is 0 Å². The molecule has 2 atom stereocenters. The summed E-state index contributed by atoms with van der Waals surface area (Å²) < 4.78 is 0. The fourth-order valence-electron chi connectivity index (χ4n) is 2.29. The topological polar surface area (TPSA) is 0 Å². The van der Waals surface area contributed by atoms with Gasteiger partial charge in [-0.3, -0.25) is 0 Å². The second kappa shape index (κ2) is 8.84. The van der Waals surface area contributed by atoms with E-state index >= 15 is 0 Å². The van der Waals surface area contributed by atoms with Crippen molar-refractivity contribution in [1.82, 2.24) is 0 Å². The van der Waals surface area contributed by atoms with E-state index < -0.39 is 0 Å². The molecular weight excluding hydrogens is 192 g/mol. The van der Waals surface area contributed by atoms with E-state index in [0.717, 1.165) is 17.8 Å². The molecule has 0 rings (SSSR count). The van der Waals surface area contributed by atoms with E-state index in [-0.39, 0.29) is 0 Å². The average molecular weight is 224 g/mol. The molecule has 0 aromatic carbocycles. The summed E-state index contributed by atoms with van der Waals surface area (Å²) >= 11 is 0. The van der Waals surface area contributed by atoms with Crippen LogP contribution in [0.1, 0.15) is 73.6 Å². The summed E-state index contributed by atoms with van der Waals surface area (Å²) in [6.45, 7) is 14.0. The molecule has 0 aliphatic rings. The van der Waals surface area contributed by atoms with E-state index in [9.17, 15) is 0 Å². The molecule has 0 fully saturated rings. The Labute approximate surface area is 104 Å². The van der Waals surface area contributed by atoms with Gasteiger partial charge < -0.3 is 0 Å². The van der Waals surface area contributed by atoms with Crippen molar-refractivity contribution in [1.29, 1.82) is 0 Å². The van der Waals surface area contributed by atoms with Crippen LogP contribution in [0.25, 0.3) is 0 Å². The van der Waals surface area contributed by atoms with Gasteiger partial charge >= 0.3 is 0 Å². The standard InChI is InChI=1S/C16H32/c1-7-9-15(6)16(8-2)12-14(5)11-10-13(3)4/h12-15H,7-11H2,1-6H3. The fourth-order valence-corrected chi connectivity index (χ4v) is 2.29. The highest BCUT2D eigenvalue weighted by molar-refractivity contribution is 5.06. The van der Waals surface area contributed by atoms with Crippen LogP contribution in [0.5, 0.6) is 0 Å². The third kappa shape index (κ3) is 7.09. The van der Waals surface area contributed by atoms with Crippen LogP contribution in [0.2, 0.25) is 0 Å². The molecule has 16 heavy (non-hydrogen) atoms. The molecule has 0 radical (unpaired) electrons. The van der Waals surface area contributed by atoms with E-state index in [1.165, 1.54) is 32.1 Å². The molecule has 0 aliphatic heterocycles. The molecule has 0 spiro atoms. The van der Waals surface area contributed by atoms with Crippen molar-refractivity contribution in [3.63, 3.8) is 0 Å². The second-order valence-electron chi connectivity index (χ2n) is 5.73. The van der Waals surface area contributed by atoms with Gasteiger partial charge in [-0.25, -0.2) is 0 Å². The van der Waals surface area contributed by atoms with Gasteiger partial charge in [-0.05, 0) is 37.0 Å². The van der Waals surface area contributed by atoms with Crippen molar-refractivity contribution in [2.24, 2.45) is 17.8 Å². The zero-order valence-electron chi connectivity index (χ0n) is 12.3. The van der Waals surface area contributed by atoms with E-state index in [1.54, 1.807) is 5.57 Å². The Bertz CT molecular complexity index is 188. The third-order valence-electron chi connectivity index (χ3n) is 3.46. The summed E-state index contributed by atoms with van der Waals surface area (Å²) in [4.78, 5) is 0. The lowest BCUT2D eigenvalue weighted by molar-refractivity contribution is 0.494. The Morgan fingerprint density at radius 1 is 0.938 bits per heavy atom. The normalized spacial score (nSPS) is 16.6. The van der Waals surface area contributed by atoms with Crippen molar-refractivity contribution in [2.45, 2.75) is 73.6 Å². The Morgan fingerprint density at radius 2 is 1.56 bits per heavy atom. The molecular formula is C16H32. The largest absolute Gasteiger partial charge is 0.0822 e. The minimum Gasteiger partial charge on any atom is -0.0822 e. The van der Waals surface area contributed by atoms with Crippen LogP contribution in [0.4, 0.5) is 0 Å². The molecule has 0 heteroatoms. The molecule has 0 N–H and O–H groups in total. The van der Waals surface area contributed by atoms with Gasteiger partial charge in [-0.1, -0.05) is 66.0 Å². The zero-order chi connectivity index (χ0) is 12.6. The van der Waals surface area contributed by atoms with Crippen molar-refractivity contribution in [3.05, 3.63) is 11.6 Å². The van der Waals surface area contributed by atoms with E-state index in [0.29, 0.717) is 0 Å². The van der Waals surface area contributed by atoms with Crippen LogP contribution in [0, 0.1) is 17.8 Å². The van der Waals surface area contributed by atoms with Crippen molar-refractivity contribution < 1.29 is 0 Å². The number of hydrogen-bond donors (Lipinski definition) is 0. The highest BCUT2D eigenvalue weighted by atomic mass is 14.1. The first-order valence-electron chi connectivity index (χ1n) is 7.21. The lowest BCUT2D eigenvalue weighted by Gasteiger charge is -2.17. The Hall–Kier alpha value is -0.260. The SMILES string of the molecule is CCCC(C)C(=CC(C)CCC(C)C)CC. The Morgan fingerprint density at radius 3 is 2.00 bits per heavy atom. The number of allylic oxidation sites excluding steroid dienone is 2. The molecule has 0 saturated carbocycles. The molecule has 0 aliphatic carbocycles. The molecule has 0 aromatic rings. The maximum absolute atomic E-state index is 2.54. The summed E-state index contributed by atoms with van der Waals surface area (Å²) in [5, 5.41) is 0. The van der Waals surface area contributed by atoms with Gasteiger partial charge in [-0.15, -0.1) is 0 Å². The van der Waals surface area contributed by atoms with Crippen LogP contribution in [-0.4, -0.2) is 0 Å². The van der Waals surface area contributed by atoms with Crippen molar-refractivity contribution in [3.8, 4) is 0 Å². The Kier molecular flexibility index (Phi) is 8.70. The first kappa shape index (κ1) is 15.7. The maximum Gasteiger partial charge on any atom is -0.0232 e. The van der Waals surface area contributed by atoms with Gasteiger partial charge in [0, 0.05) is 0 Å². The zero-order valence-corrected chi connectivity index (χ0v) is 12.3. The molecule has 96 valence electrons. The summed E-state index contributed by atoms with van der Waals surface area (Å²) in [5.74, 6) is 2.39. The van der Waals surface area contributed by atoms with Crippen LogP contribution in [-0.2, 0) is 0 Å². The molecule has 0 bridgehead atoms. The highest BCUT2D eigenvalue weighted by Gasteiger charge is 2.08. The quantitative estimate of drug-likeness (QED) is 0.455. The lowest BCUT2D eigenvalue weighted by Crippen LogP contribution is -2.02. The summed E-state index contributed by atoms with van der Waals surface area (Å²) in [6, 6.07) is 0.